The Morgan fingerprint density at radius 1 is 0.679 bits per heavy atom. The average molecular weight is 751 g/mol. The lowest BCUT2D eigenvalue weighted by molar-refractivity contribution is -0.146. The highest BCUT2D eigenvalue weighted by molar-refractivity contribution is 5.81. The van der Waals surface area contributed by atoms with E-state index in [1.54, 1.807) is 0 Å². The molecule has 12 nitrogen and oxygen atoms in total. The number of hydrogen-bond acceptors (Lipinski definition) is 10. The first-order valence-electron chi connectivity index (χ1n) is 19.5. The molecular weight excluding hydrogens is 680 g/mol. The zero-order valence-corrected chi connectivity index (χ0v) is 34.2. The minimum Gasteiger partial charge on any atom is -0.466 e. The van der Waals surface area contributed by atoms with Crippen LogP contribution in [0, 0.1) is 27.1 Å². The highest BCUT2D eigenvalue weighted by Gasteiger charge is 2.43. The van der Waals surface area contributed by atoms with Gasteiger partial charge in [-0.05, 0) is 85.9 Å². The minimum absolute atomic E-state index is 0.00296. The van der Waals surface area contributed by atoms with Crippen molar-refractivity contribution in [2.45, 2.75) is 158 Å². The molecule has 0 spiro atoms. The number of rotatable bonds is 20. The van der Waals surface area contributed by atoms with Crippen LogP contribution in [0.5, 0.6) is 0 Å². The highest BCUT2D eigenvalue weighted by atomic mass is 16.6. The van der Waals surface area contributed by atoms with Crippen molar-refractivity contribution in [2.75, 3.05) is 33.0 Å². The quantitative estimate of drug-likeness (QED) is 0.0538. The van der Waals surface area contributed by atoms with Crippen LogP contribution in [0.4, 0.5) is 9.59 Å². The molecule has 2 amide bonds. The molecule has 0 aromatic heterocycles. The molecule has 0 aliphatic heterocycles. The van der Waals surface area contributed by atoms with Gasteiger partial charge in [-0.1, -0.05) is 75.3 Å². The molecule has 12 heteroatoms. The van der Waals surface area contributed by atoms with E-state index in [0.717, 1.165) is 51.0 Å². The Labute approximate surface area is 318 Å². The van der Waals surface area contributed by atoms with Gasteiger partial charge in [0.25, 0.3) is 0 Å². The lowest BCUT2D eigenvalue weighted by Gasteiger charge is -2.46. The predicted molar refractivity (Wildman–Crippen MR) is 203 cm³/mol. The average Bonchev–Trinajstić information content (AvgIpc) is 3.02. The van der Waals surface area contributed by atoms with Crippen LogP contribution < -0.4 is 10.6 Å². The smallest absolute Gasteiger partial charge is 0.407 e. The molecule has 0 bridgehead atoms. The van der Waals surface area contributed by atoms with Crippen LogP contribution >= 0.6 is 0 Å². The van der Waals surface area contributed by atoms with Crippen LogP contribution in [0.2, 0.25) is 0 Å². The summed E-state index contributed by atoms with van der Waals surface area (Å²) in [6.45, 7) is 23.2. The van der Waals surface area contributed by atoms with Gasteiger partial charge in [0.1, 0.15) is 13.2 Å². The molecule has 0 radical (unpaired) electrons. The normalized spacial score (nSPS) is 24.9. The summed E-state index contributed by atoms with van der Waals surface area (Å²) in [4.78, 5) is 61.6. The molecule has 2 aliphatic rings. The third kappa shape index (κ3) is 18.5. The molecule has 2 aliphatic carbocycles. The van der Waals surface area contributed by atoms with Crippen LogP contribution in [0.15, 0.2) is 12.7 Å². The summed E-state index contributed by atoms with van der Waals surface area (Å²) in [5, 5.41) is 6.02. The van der Waals surface area contributed by atoms with Gasteiger partial charge in [0.05, 0.1) is 19.8 Å². The fraction of sp³-hybridized carbons (Fsp3) is 0.829. The highest BCUT2D eigenvalue weighted by Crippen LogP contribution is 2.49. The molecule has 4 unspecified atom stereocenters. The molecule has 304 valence electrons. The summed E-state index contributed by atoms with van der Waals surface area (Å²) in [5.74, 6) is -1.01. The first kappa shape index (κ1) is 45.8. The van der Waals surface area contributed by atoms with E-state index in [9.17, 15) is 24.0 Å². The Morgan fingerprint density at radius 2 is 1.15 bits per heavy atom. The molecule has 0 aromatic rings. The van der Waals surface area contributed by atoms with Crippen molar-refractivity contribution in [3.05, 3.63) is 12.7 Å². The molecule has 2 fully saturated rings. The number of unbranched alkanes of at least 4 members (excludes halogenated alkanes) is 1. The van der Waals surface area contributed by atoms with Gasteiger partial charge in [-0.3, -0.25) is 9.59 Å². The van der Waals surface area contributed by atoms with Crippen molar-refractivity contribution in [1.82, 2.24) is 10.6 Å². The third-order valence-corrected chi connectivity index (χ3v) is 10.5. The van der Waals surface area contributed by atoms with Crippen molar-refractivity contribution >= 4 is 30.1 Å². The molecule has 0 aromatic carbocycles. The largest absolute Gasteiger partial charge is 0.466 e. The lowest BCUT2D eigenvalue weighted by Crippen LogP contribution is -2.47. The molecule has 2 saturated carbocycles. The standard InChI is InChI=1S/C41H70N2O10/c1-11-13-19-49-33(45)14-16-40(9)26-31(24-39(7,8)28-40)43-36(48)53-29-37(3,4)18-20-50-34(46)15-17-41(10)25-30(23-38(5,6)27-41)42-35(47)52-22-21-51-32(44)12-2/h12,30-31H,2,11,13-29H2,1,3-10H3,(H,42,47)(H,43,48). The Morgan fingerprint density at radius 3 is 1.64 bits per heavy atom. The van der Waals surface area contributed by atoms with Gasteiger partial charge in [0.15, 0.2) is 0 Å². The topological polar surface area (TPSA) is 156 Å². The number of hydrogen-bond donors (Lipinski definition) is 2. The maximum Gasteiger partial charge on any atom is 0.407 e. The van der Waals surface area contributed by atoms with Crippen molar-refractivity contribution in [3.63, 3.8) is 0 Å². The first-order valence-corrected chi connectivity index (χ1v) is 19.5. The van der Waals surface area contributed by atoms with E-state index in [1.165, 1.54) is 0 Å². The second kappa shape index (κ2) is 20.4. The van der Waals surface area contributed by atoms with Crippen LogP contribution in [0.1, 0.15) is 146 Å². The number of carbonyl (C=O) groups is 5. The van der Waals surface area contributed by atoms with Gasteiger partial charge in [-0.2, -0.15) is 0 Å². The van der Waals surface area contributed by atoms with Gasteiger partial charge >= 0.3 is 30.1 Å². The van der Waals surface area contributed by atoms with E-state index >= 15 is 0 Å². The molecule has 2 N–H and O–H groups in total. The number of nitrogens with one attached hydrogen (secondary N) is 2. The number of amides is 2. The zero-order valence-electron chi connectivity index (χ0n) is 34.2. The Balaban J connectivity index is 1.75. The Kier molecular flexibility index (Phi) is 17.6. The van der Waals surface area contributed by atoms with Crippen LogP contribution in [0.25, 0.3) is 0 Å². The molecular formula is C41H70N2O10. The van der Waals surface area contributed by atoms with Crippen molar-refractivity contribution in [3.8, 4) is 0 Å². The van der Waals surface area contributed by atoms with Crippen molar-refractivity contribution in [1.29, 1.82) is 0 Å². The molecule has 0 saturated heterocycles. The van der Waals surface area contributed by atoms with E-state index in [1.807, 2.05) is 13.8 Å². The van der Waals surface area contributed by atoms with E-state index in [0.29, 0.717) is 38.7 Å². The van der Waals surface area contributed by atoms with E-state index in [-0.39, 0.29) is 78.5 Å². The van der Waals surface area contributed by atoms with Gasteiger partial charge in [0, 0.05) is 36.4 Å². The third-order valence-electron chi connectivity index (χ3n) is 10.5. The molecule has 0 heterocycles. The number of carbonyl (C=O) groups excluding carboxylic acids is 5. The molecule has 2 rings (SSSR count). The van der Waals surface area contributed by atoms with Gasteiger partial charge in [0.2, 0.25) is 0 Å². The maximum atomic E-state index is 12.9. The summed E-state index contributed by atoms with van der Waals surface area (Å²) in [5.41, 5.74) is -0.751. The number of alkyl carbamates (subject to hydrolysis) is 2. The second-order valence-electron chi connectivity index (χ2n) is 18.6. The van der Waals surface area contributed by atoms with Crippen molar-refractivity contribution in [2.24, 2.45) is 27.1 Å². The van der Waals surface area contributed by atoms with Gasteiger partial charge in [-0.15, -0.1) is 0 Å². The van der Waals surface area contributed by atoms with E-state index < -0.39 is 23.6 Å². The van der Waals surface area contributed by atoms with Crippen LogP contribution in [0.3, 0.4) is 0 Å². The minimum atomic E-state index is -0.575. The summed E-state index contributed by atoms with van der Waals surface area (Å²) in [6, 6.07) is -0.186. The van der Waals surface area contributed by atoms with E-state index in [4.69, 9.17) is 23.7 Å². The fourth-order valence-electron chi connectivity index (χ4n) is 8.66. The number of ether oxygens (including phenoxy) is 5. The summed E-state index contributed by atoms with van der Waals surface area (Å²) < 4.78 is 26.7. The van der Waals surface area contributed by atoms with Crippen LogP contribution in [-0.4, -0.2) is 75.2 Å². The fourth-order valence-corrected chi connectivity index (χ4v) is 8.66. The summed E-state index contributed by atoms with van der Waals surface area (Å²) >= 11 is 0. The van der Waals surface area contributed by atoms with Gasteiger partial charge < -0.3 is 34.3 Å². The SMILES string of the molecule is C=CC(=O)OCCOC(=O)NC1CC(C)(C)CC(C)(CCC(=O)OCCC(C)(C)COC(=O)NC2CC(C)(C)CC(C)(CCC(=O)OCCCC)C2)C1. The second-order valence-corrected chi connectivity index (χ2v) is 18.6. The van der Waals surface area contributed by atoms with Gasteiger partial charge in [-0.25, -0.2) is 14.4 Å². The van der Waals surface area contributed by atoms with Crippen LogP contribution in [-0.2, 0) is 38.1 Å². The summed E-state index contributed by atoms with van der Waals surface area (Å²) in [6.07, 6.45) is 9.30. The Bertz CT molecular complexity index is 1250. The predicted octanol–water partition coefficient (Wildman–Crippen LogP) is 8.20. The monoisotopic (exact) mass is 751 g/mol. The Hall–Kier alpha value is -3.31. The number of esters is 3. The van der Waals surface area contributed by atoms with Crippen molar-refractivity contribution < 1.29 is 47.7 Å². The van der Waals surface area contributed by atoms with E-state index in [2.05, 4.69) is 65.7 Å². The molecule has 4 atom stereocenters. The lowest BCUT2D eigenvalue weighted by atomic mass is 9.61. The summed E-state index contributed by atoms with van der Waals surface area (Å²) in [7, 11) is 0. The molecule has 53 heavy (non-hydrogen) atoms. The maximum absolute atomic E-state index is 12.9. The first-order chi connectivity index (χ1) is 24.6. The zero-order chi connectivity index (χ0) is 39.9.